The van der Waals surface area contributed by atoms with E-state index < -0.39 is 0 Å². The molecule has 1 heteroatoms. The number of aliphatic imine (C=N–C) groups is 1. The van der Waals surface area contributed by atoms with Gasteiger partial charge >= 0.3 is 0 Å². The van der Waals surface area contributed by atoms with Crippen molar-refractivity contribution in [3.05, 3.63) is 0 Å². The Morgan fingerprint density at radius 3 is 3.07 bits per heavy atom. The van der Waals surface area contributed by atoms with Crippen LogP contribution in [0.2, 0.25) is 0 Å². The maximum atomic E-state index is 4.84. The van der Waals surface area contributed by atoms with Crippen LogP contribution in [0.15, 0.2) is 4.99 Å². The molecule has 6 unspecified atom stereocenters. The van der Waals surface area contributed by atoms with Crippen molar-refractivity contribution < 1.29 is 0 Å². The van der Waals surface area contributed by atoms with E-state index in [9.17, 15) is 0 Å². The third-order valence-electron chi connectivity index (χ3n) is 6.25. The Hall–Kier alpha value is -0.330. The van der Waals surface area contributed by atoms with E-state index in [1.807, 2.05) is 0 Å². The van der Waals surface area contributed by atoms with Crippen LogP contribution in [-0.4, -0.2) is 12.3 Å². The molecule has 0 aromatic heterocycles. The smallest absolute Gasteiger partial charge is 0.0561 e. The Balaban J connectivity index is 1.59. The molecule has 1 spiro atoms. The summed E-state index contributed by atoms with van der Waals surface area (Å²) in [7, 11) is 0. The summed E-state index contributed by atoms with van der Waals surface area (Å²) in [6.45, 7) is 2.37. The molecule has 3 aliphatic carbocycles. The first-order valence-corrected chi connectivity index (χ1v) is 6.87. The molecule has 4 rings (SSSR count). The highest BCUT2D eigenvalue weighted by molar-refractivity contribution is 5.67. The van der Waals surface area contributed by atoms with Gasteiger partial charge in [-0.05, 0) is 49.9 Å². The fourth-order valence-corrected chi connectivity index (χ4v) is 5.12. The molecule has 6 atom stereocenters. The van der Waals surface area contributed by atoms with Crippen molar-refractivity contribution in [2.24, 2.45) is 34.1 Å². The molecular formula is C14H21N. The quantitative estimate of drug-likeness (QED) is 0.620. The highest BCUT2D eigenvalue weighted by atomic mass is 14.9. The van der Waals surface area contributed by atoms with Crippen LogP contribution in [0.4, 0.5) is 0 Å². The van der Waals surface area contributed by atoms with Gasteiger partial charge < -0.3 is 0 Å². The van der Waals surface area contributed by atoms with Gasteiger partial charge in [0, 0.05) is 17.5 Å². The van der Waals surface area contributed by atoms with Gasteiger partial charge in [0.2, 0.25) is 0 Å². The number of hydrogen-bond donors (Lipinski definition) is 0. The van der Waals surface area contributed by atoms with Gasteiger partial charge in [0.05, 0.1) is 6.04 Å². The lowest BCUT2D eigenvalue weighted by molar-refractivity contribution is -0.0877. The van der Waals surface area contributed by atoms with Gasteiger partial charge in [-0.2, -0.15) is 0 Å². The first-order valence-electron chi connectivity index (χ1n) is 6.87. The molecule has 3 fully saturated rings. The second-order valence-corrected chi connectivity index (χ2v) is 6.46. The van der Waals surface area contributed by atoms with Crippen LogP contribution in [0, 0.1) is 29.1 Å². The Bertz CT molecular complexity index is 321. The molecule has 0 N–H and O–H groups in total. The highest BCUT2D eigenvalue weighted by Crippen LogP contribution is 2.66. The van der Waals surface area contributed by atoms with E-state index in [0.29, 0.717) is 5.41 Å². The fourth-order valence-electron chi connectivity index (χ4n) is 5.12. The van der Waals surface area contributed by atoms with Crippen molar-refractivity contribution in [2.45, 2.75) is 51.5 Å². The van der Waals surface area contributed by atoms with Gasteiger partial charge in [-0.3, -0.25) is 4.99 Å². The summed E-state index contributed by atoms with van der Waals surface area (Å²) in [4.78, 5) is 4.84. The zero-order valence-electron chi connectivity index (χ0n) is 9.65. The molecule has 1 nitrogen and oxygen atoms in total. The van der Waals surface area contributed by atoms with Crippen molar-refractivity contribution in [3.8, 4) is 0 Å². The minimum absolute atomic E-state index is 0.694. The van der Waals surface area contributed by atoms with E-state index in [-0.39, 0.29) is 0 Å². The predicted octanol–water partition coefficient (Wildman–Crippen LogP) is 3.29. The Morgan fingerprint density at radius 2 is 2.33 bits per heavy atom. The first kappa shape index (κ1) is 8.78. The predicted molar refractivity (Wildman–Crippen MR) is 62.0 cm³/mol. The molecule has 3 saturated carbocycles. The average molecular weight is 203 g/mol. The molecule has 0 saturated heterocycles. The van der Waals surface area contributed by atoms with E-state index in [1.54, 1.807) is 6.42 Å². The van der Waals surface area contributed by atoms with Crippen molar-refractivity contribution in [1.82, 2.24) is 0 Å². The number of fused-ring (bicyclic) bond motifs is 1. The third kappa shape index (κ3) is 0.893. The molecule has 4 aliphatic rings. The molecule has 0 radical (unpaired) electrons. The molecule has 0 amide bonds. The van der Waals surface area contributed by atoms with E-state index in [2.05, 4.69) is 13.1 Å². The largest absolute Gasteiger partial charge is 0.293 e. The van der Waals surface area contributed by atoms with Crippen LogP contribution >= 0.6 is 0 Å². The van der Waals surface area contributed by atoms with Crippen molar-refractivity contribution in [2.75, 3.05) is 0 Å². The lowest BCUT2D eigenvalue weighted by Gasteiger charge is -2.60. The lowest BCUT2D eigenvalue weighted by Crippen LogP contribution is -2.55. The second-order valence-electron chi connectivity index (χ2n) is 6.46. The zero-order chi connectivity index (χ0) is 10.0. The molecular weight excluding hydrogens is 182 g/mol. The lowest BCUT2D eigenvalue weighted by atomic mass is 9.44. The van der Waals surface area contributed by atoms with Crippen molar-refractivity contribution in [1.29, 1.82) is 0 Å². The highest BCUT2D eigenvalue weighted by Gasteiger charge is 2.61. The fraction of sp³-hybridized carbons (Fsp3) is 0.929. The minimum Gasteiger partial charge on any atom is -0.293 e. The summed E-state index contributed by atoms with van der Waals surface area (Å²) in [5.74, 6) is 4.10. The Kier molecular flexibility index (Phi) is 1.56. The van der Waals surface area contributed by atoms with Gasteiger partial charge in [-0.15, -0.1) is 0 Å². The van der Waals surface area contributed by atoms with Crippen molar-refractivity contribution >= 4 is 6.21 Å². The number of hydrogen-bond acceptors (Lipinski definition) is 1. The molecule has 0 aromatic carbocycles. The van der Waals surface area contributed by atoms with Crippen LogP contribution in [0.5, 0.6) is 0 Å². The topological polar surface area (TPSA) is 12.4 Å². The SMILES string of the molecule is CCC1CC2CC34CCC3C=NC4CC12. The normalized spacial score (nSPS) is 59.9. The van der Waals surface area contributed by atoms with Crippen LogP contribution in [0.25, 0.3) is 0 Å². The maximum Gasteiger partial charge on any atom is 0.0561 e. The molecule has 1 heterocycles. The summed E-state index contributed by atoms with van der Waals surface area (Å²) < 4.78 is 0. The van der Waals surface area contributed by atoms with E-state index in [1.165, 1.54) is 32.1 Å². The van der Waals surface area contributed by atoms with Gasteiger partial charge in [0.15, 0.2) is 0 Å². The van der Waals surface area contributed by atoms with Crippen LogP contribution < -0.4 is 0 Å². The maximum absolute atomic E-state index is 4.84. The van der Waals surface area contributed by atoms with Crippen molar-refractivity contribution in [3.63, 3.8) is 0 Å². The standard InChI is InChI=1S/C14H21N/c1-2-9-5-10-7-14-4-3-11(14)8-15-13(14)6-12(9)10/h8-13H,2-7H2,1H3. The summed E-state index contributed by atoms with van der Waals surface area (Å²) in [5.41, 5.74) is 0.694. The average Bonchev–Trinajstić information content (AvgIpc) is 2.43. The van der Waals surface area contributed by atoms with Crippen LogP contribution in [0.3, 0.4) is 0 Å². The van der Waals surface area contributed by atoms with Gasteiger partial charge in [0.25, 0.3) is 0 Å². The molecule has 15 heavy (non-hydrogen) atoms. The second kappa shape index (κ2) is 2.67. The summed E-state index contributed by atoms with van der Waals surface area (Å²) in [6, 6.07) is 0.742. The van der Waals surface area contributed by atoms with Gasteiger partial charge in [-0.25, -0.2) is 0 Å². The summed E-state index contributed by atoms with van der Waals surface area (Å²) in [5, 5.41) is 0. The van der Waals surface area contributed by atoms with E-state index in [4.69, 9.17) is 4.99 Å². The minimum atomic E-state index is 0.694. The molecule has 1 aliphatic heterocycles. The zero-order valence-corrected chi connectivity index (χ0v) is 9.65. The van der Waals surface area contributed by atoms with Gasteiger partial charge in [0.1, 0.15) is 0 Å². The first-order chi connectivity index (χ1) is 7.33. The third-order valence-corrected chi connectivity index (χ3v) is 6.25. The Labute approximate surface area is 92.4 Å². The number of nitrogens with zero attached hydrogens (tertiary/aromatic N) is 1. The Morgan fingerprint density at radius 1 is 1.40 bits per heavy atom. The number of rotatable bonds is 1. The van der Waals surface area contributed by atoms with Crippen LogP contribution in [-0.2, 0) is 0 Å². The molecule has 82 valence electrons. The van der Waals surface area contributed by atoms with Gasteiger partial charge in [-0.1, -0.05) is 13.3 Å². The summed E-state index contributed by atoms with van der Waals surface area (Å²) in [6.07, 6.45) is 11.2. The molecule has 0 bridgehead atoms. The molecule has 0 aromatic rings. The van der Waals surface area contributed by atoms with E-state index >= 15 is 0 Å². The monoisotopic (exact) mass is 203 g/mol. The van der Waals surface area contributed by atoms with Crippen LogP contribution in [0.1, 0.15) is 45.4 Å². The van der Waals surface area contributed by atoms with E-state index in [0.717, 1.165) is 29.7 Å². The summed E-state index contributed by atoms with van der Waals surface area (Å²) >= 11 is 0.